The van der Waals surface area contributed by atoms with E-state index < -0.39 is 11.7 Å². The monoisotopic (exact) mass is 372 g/mol. The maximum atomic E-state index is 12.7. The van der Waals surface area contributed by atoms with Crippen molar-refractivity contribution in [2.75, 3.05) is 6.54 Å². The minimum absolute atomic E-state index is 0.0481. The van der Waals surface area contributed by atoms with E-state index in [0.717, 1.165) is 46.1 Å². The van der Waals surface area contributed by atoms with E-state index in [9.17, 15) is 18.0 Å². The molecular weight excluding hydrogens is 353 g/mol. The summed E-state index contributed by atoms with van der Waals surface area (Å²) in [6.45, 7) is 3.17. The molecule has 27 heavy (non-hydrogen) atoms. The average molecular weight is 372 g/mol. The Hall–Kier alpha value is -2.76. The Morgan fingerprint density at radius 1 is 1.15 bits per heavy atom. The van der Waals surface area contributed by atoms with E-state index in [1.54, 1.807) is 0 Å². The number of carbonyl (C=O) groups excluding carboxylic acids is 1. The molecule has 1 unspecified atom stereocenters. The second-order valence-electron chi connectivity index (χ2n) is 7.04. The summed E-state index contributed by atoms with van der Waals surface area (Å²) in [5.74, 6) is -0.0870. The van der Waals surface area contributed by atoms with Crippen LogP contribution in [0, 0.1) is 6.92 Å². The van der Waals surface area contributed by atoms with E-state index in [0.29, 0.717) is 13.1 Å². The zero-order chi connectivity index (χ0) is 19.2. The molecule has 1 N–H and O–H groups in total. The van der Waals surface area contributed by atoms with Crippen molar-refractivity contribution in [3.63, 3.8) is 0 Å². The van der Waals surface area contributed by atoms with Gasteiger partial charge in [0.15, 0.2) is 0 Å². The topological polar surface area (TPSA) is 34.0 Å². The van der Waals surface area contributed by atoms with Gasteiger partial charge in [0.05, 0.1) is 11.5 Å². The smallest absolute Gasteiger partial charge is 0.356 e. The molecule has 0 aliphatic carbocycles. The van der Waals surface area contributed by atoms with Gasteiger partial charge in [-0.1, -0.05) is 24.3 Å². The van der Waals surface area contributed by atoms with E-state index >= 15 is 0 Å². The summed E-state index contributed by atoms with van der Waals surface area (Å²) in [6.07, 6.45) is -1.55. The number of fused-ring (bicyclic) bond motifs is 1. The number of nitrogens with zero attached hydrogens (tertiary/aromatic N) is 1. The van der Waals surface area contributed by atoms with Crippen molar-refractivity contribution in [2.45, 2.75) is 32.0 Å². The molecule has 140 valence electrons. The number of aryl methyl sites for hydroxylation is 1. The van der Waals surface area contributed by atoms with Crippen molar-refractivity contribution in [3.8, 4) is 0 Å². The molecule has 1 aliphatic rings. The van der Waals surface area contributed by atoms with E-state index in [4.69, 9.17) is 0 Å². The zero-order valence-corrected chi connectivity index (χ0v) is 14.8. The number of nitrogens with one attached hydrogen (secondary N) is 1. The quantitative estimate of drug-likeness (QED) is 0.715. The molecule has 0 bridgehead atoms. The first-order valence-electron chi connectivity index (χ1n) is 8.86. The lowest BCUT2D eigenvalue weighted by Crippen LogP contribution is -2.17. The van der Waals surface area contributed by atoms with Gasteiger partial charge in [-0.3, -0.25) is 4.79 Å². The Morgan fingerprint density at radius 3 is 2.52 bits per heavy atom. The molecule has 6 heteroatoms. The van der Waals surface area contributed by atoms with Gasteiger partial charge in [-0.2, -0.15) is 13.2 Å². The van der Waals surface area contributed by atoms with Crippen molar-refractivity contribution in [3.05, 3.63) is 70.9 Å². The molecule has 4 rings (SSSR count). The van der Waals surface area contributed by atoms with Crippen LogP contribution in [0.25, 0.3) is 10.9 Å². The number of alkyl halides is 3. The molecule has 1 amide bonds. The van der Waals surface area contributed by atoms with Crippen LogP contribution in [-0.4, -0.2) is 17.0 Å². The lowest BCUT2D eigenvalue weighted by atomic mass is 9.96. The number of hydrogen-bond donors (Lipinski definition) is 1. The highest BCUT2D eigenvalue weighted by molar-refractivity contribution is 5.89. The summed E-state index contributed by atoms with van der Waals surface area (Å²) in [4.78, 5) is 12.0. The average Bonchev–Trinajstić information content (AvgIpc) is 3.18. The van der Waals surface area contributed by atoms with Crippen LogP contribution < -0.4 is 5.32 Å². The fraction of sp³-hybridized carbons (Fsp3) is 0.286. The first-order valence-corrected chi connectivity index (χ1v) is 8.86. The first-order chi connectivity index (χ1) is 12.8. The molecule has 3 aromatic rings. The third kappa shape index (κ3) is 3.31. The Labute approximate surface area is 154 Å². The van der Waals surface area contributed by atoms with Gasteiger partial charge in [0.1, 0.15) is 0 Å². The second kappa shape index (κ2) is 6.44. The second-order valence-corrected chi connectivity index (χ2v) is 7.04. The standard InChI is InChI=1S/C21H19F3N2O/c1-13-11-26(12-14-2-5-16(6-3-14)21(22,23)24)19-10-15(4-7-17(13)19)18-8-9-25-20(18)27/h2-7,10-11,18H,8-9,12H2,1H3,(H,25,27). The molecule has 1 atom stereocenters. The Balaban J connectivity index is 1.68. The van der Waals surface area contributed by atoms with Gasteiger partial charge < -0.3 is 9.88 Å². The van der Waals surface area contributed by atoms with Gasteiger partial charge in [0.25, 0.3) is 0 Å². The normalized spacial score (nSPS) is 17.5. The number of amides is 1. The van der Waals surface area contributed by atoms with Crippen molar-refractivity contribution in [2.24, 2.45) is 0 Å². The lowest BCUT2D eigenvalue weighted by molar-refractivity contribution is -0.137. The molecule has 1 fully saturated rings. The van der Waals surface area contributed by atoms with Gasteiger partial charge >= 0.3 is 6.18 Å². The number of hydrogen-bond acceptors (Lipinski definition) is 1. The molecular formula is C21H19F3N2O. The highest BCUT2D eigenvalue weighted by Crippen LogP contribution is 2.31. The third-order valence-electron chi connectivity index (χ3n) is 5.19. The van der Waals surface area contributed by atoms with E-state index in [2.05, 4.69) is 5.32 Å². The van der Waals surface area contributed by atoms with Gasteiger partial charge in [-0.25, -0.2) is 0 Å². The number of carbonyl (C=O) groups is 1. The summed E-state index contributed by atoms with van der Waals surface area (Å²) < 4.78 is 40.3. The molecule has 3 nitrogen and oxygen atoms in total. The molecule has 0 saturated carbocycles. The molecule has 0 radical (unpaired) electrons. The predicted molar refractivity (Wildman–Crippen MR) is 97.6 cm³/mol. The number of halogens is 3. The highest BCUT2D eigenvalue weighted by atomic mass is 19.4. The number of rotatable bonds is 3. The van der Waals surface area contributed by atoms with Gasteiger partial charge in [-0.15, -0.1) is 0 Å². The van der Waals surface area contributed by atoms with Crippen LogP contribution in [0.4, 0.5) is 13.2 Å². The fourth-order valence-electron chi connectivity index (χ4n) is 3.75. The summed E-state index contributed by atoms with van der Waals surface area (Å²) >= 11 is 0. The van der Waals surface area contributed by atoms with Crippen molar-refractivity contribution < 1.29 is 18.0 Å². The van der Waals surface area contributed by atoms with Gasteiger partial charge in [0.2, 0.25) is 5.91 Å². The van der Waals surface area contributed by atoms with Crippen LogP contribution >= 0.6 is 0 Å². The van der Waals surface area contributed by atoms with Crippen LogP contribution in [0.5, 0.6) is 0 Å². The predicted octanol–water partition coefficient (Wildman–Crippen LogP) is 4.62. The van der Waals surface area contributed by atoms with E-state index in [-0.39, 0.29) is 11.8 Å². The maximum absolute atomic E-state index is 12.7. The molecule has 1 saturated heterocycles. The van der Waals surface area contributed by atoms with Crippen LogP contribution in [0.15, 0.2) is 48.7 Å². The van der Waals surface area contributed by atoms with Gasteiger partial charge in [0, 0.05) is 30.2 Å². The molecule has 2 heterocycles. The van der Waals surface area contributed by atoms with Crippen molar-refractivity contribution >= 4 is 16.8 Å². The van der Waals surface area contributed by atoms with Crippen LogP contribution in [0.1, 0.15) is 34.6 Å². The highest BCUT2D eigenvalue weighted by Gasteiger charge is 2.30. The number of aromatic nitrogens is 1. The van der Waals surface area contributed by atoms with Crippen LogP contribution in [-0.2, 0) is 17.5 Å². The maximum Gasteiger partial charge on any atom is 0.416 e. The van der Waals surface area contributed by atoms with Crippen LogP contribution in [0.2, 0.25) is 0 Å². The van der Waals surface area contributed by atoms with E-state index in [1.807, 2.05) is 35.9 Å². The van der Waals surface area contributed by atoms with Gasteiger partial charge in [-0.05, 0) is 48.2 Å². The molecule has 2 aromatic carbocycles. The first kappa shape index (κ1) is 17.6. The SMILES string of the molecule is Cc1cn(Cc2ccc(C(F)(F)F)cc2)c2cc(C3CCNC3=O)ccc12. The molecule has 1 aromatic heterocycles. The minimum atomic E-state index is -4.33. The summed E-state index contributed by atoms with van der Waals surface area (Å²) in [7, 11) is 0. The molecule has 0 spiro atoms. The van der Waals surface area contributed by atoms with E-state index in [1.165, 1.54) is 12.1 Å². The summed E-state index contributed by atoms with van der Waals surface area (Å²) in [6, 6.07) is 11.3. The summed E-state index contributed by atoms with van der Waals surface area (Å²) in [5, 5.41) is 3.94. The fourth-order valence-corrected chi connectivity index (χ4v) is 3.75. The third-order valence-corrected chi connectivity index (χ3v) is 5.19. The van der Waals surface area contributed by atoms with Crippen molar-refractivity contribution in [1.82, 2.24) is 9.88 Å². The lowest BCUT2D eigenvalue weighted by Gasteiger charge is -2.11. The largest absolute Gasteiger partial charge is 0.416 e. The Kier molecular flexibility index (Phi) is 4.21. The number of benzene rings is 2. The zero-order valence-electron chi connectivity index (χ0n) is 14.8. The Bertz CT molecular complexity index is 1000. The summed E-state index contributed by atoms with van der Waals surface area (Å²) in [5.41, 5.74) is 3.21. The molecule has 1 aliphatic heterocycles. The van der Waals surface area contributed by atoms with Crippen LogP contribution in [0.3, 0.4) is 0 Å². The Morgan fingerprint density at radius 2 is 1.89 bits per heavy atom. The minimum Gasteiger partial charge on any atom is -0.356 e. The van der Waals surface area contributed by atoms with Crippen molar-refractivity contribution in [1.29, 1.82) is 0 Å².